The third-order valence-electron chi connectivity index (χ3n) is 3.94. The summed E-state index contributed by atoms with van der Waals surface area (Å²) in [6.07, 6.45) is -0.0425. The van der Waals surface area contributed by atoms with E-state index in [0.29, 0.717) is 22.4 Å². The molecule has 6 nitrogen and oxygen atoms in total. The maximum Gasteiger partial charge on any atom is 0.355 e. The van der Waals surface area contributed by atoms with Crippen molar-refractivity contribution in [2.24, 2.45) is 0 Å². The zero-order chi connectivity index (χ0) is 20.0. The Labute approximate surface area is 162 Å². The van der Waals surface area contributed by atoms with E-state index in [1.807, 2.05) is 6.07 Å². The first-order chi connectivity index (χ1) is 12.8. The van der Waals surface area contributed by atoms with Gasteiger partial charge in [0.2, 0.25) is 0 Å². The quantitative estimate of drug-likeness (QED) is 0.421. The van der Waals surface area contributed by atoms with Crippen LogP contribution in [0.5, 0.6) is 0 Å². The lowest BCUT2D eigenvalue weighted by Crippen LogP contribution is -2.11. The monoisotopic (exact) mass is 387 g/mol. The van der Waals surface area contributed by atoms with E-state index in [1.54, 1.807) is 38.1 Å². The molecule has 0 saturated carbocycles. The summed E-state index contributed by atoms with van der Waals surface area (Å²) in [7, 11) is 0. The Hall–Kier alpha value is -2.80. The average molecular weight is 387 g/mol. The maximum absolute atomic E-state index is 12.2. The third kappa shape index (κ3) is 5.10. The number of Topliss-reactive ketones (excluding diaryl/α,β-unsaturated/α-hetero) is 2. The Kier molecular flexibility index (Phi) is 7.01. The van der Waals surface area contributed by atoms with Crippen LogP contribution in [0, 0.1) is 6.92 Å². The first-order valence-corrected chi connectivity index (χ1v) is 8.89. The van der Waals surface area contributed by atoms with Crippen molar-refractivity contribution in [1.82, 2.24) is 4.98 Å². The van der Waals surface area contributed by atoms with E-state index in [1.165, 1.54) is 6.92 Å². The van der Waals surface area contributed by atoms with E-state index in [4.69, 9.17) is 21.7 Å². The molecule has 0 unspecified atom stereocenters. The lowest BCUT2D eigenvalue weighted by Gasteiger charge is -2.07. The minimum Gasteiger partial charge on any atom is -0.480 e. The molecular weight excluding hydrogens is 366 g/mol. The second-order valence-electron chi connectivity index (χ2n) is 5.88. The highest BCUT2D eigenvalue weighted by Crippen LogP contribution is 2.21. The van der Waals surface area contributed by atoms with Crippen molar-refractivity contribution >= 4 is 34.8 Å². The number of H-pyrrole nitrogens is 1. The van der Waals surface area contributed by atoms with Gasteiger partial charge in [-0.2, -0.15) is 0 Å². The predicted molar refractivity (Wildman–Crippen MR) is 104 cm³/mol. The fourth-order valence-corrected chi connectivity index (χ4v) is 2.90. The number of ether oxygens (including phenoxy) is 2. The van der Waals surface area contributed by atoms with Crippen LogP contribution in [0.3, 0.4) is 0 Å². The van der Waals surface area contributed by atoms with Gasteiger partial charge in [0.25, 0.3) is 0 Å². The van der Waals surface area contributed by atoms with E-state index in [-0.39, 0.29) is 41.9 Å². The summed E-state index contributed by atoms with van der Waals surface area (Å²) in [6, 6.07) is 8.78. The first kappa shape index (κ1) is 20.5. The highest BCUT2D eigenvalue weighted by molar-refractivity contribution is 7.80. The molecule has 27 heavy (non-hydrogen) atoms. The number of hydrogen-bond acceptors (Lipinski definition) is 6. The van der Waals surface area contributed by atoms with Gasteiger partial charge in [0.15, 0.2) is 16.6 Å². The van der Waals surface area contributed by atoms with Gasteiger partial charge in [0, 0.05) is 11.1 Å². The van der Waals surface area contributed by atoms with Crippen molar-refractivity contribution in [3.8, 4) is 0 Å². The molecule has 142 valence electrons. The molecule has 0 saturated heterocycles. The van der Waals surface area contributed by atoms with Crippen molar-refractivity contribution in [1.29, 1.82) is 0 Å². The number of carbonyl (C=O) groups is 3. The molecule has 1 aromatic carbocycles. The number of esters is 1. The first-order valence-electron chi connectivity index (χ1n) is 8.48. The van der Waals surface area contributed by atoms with Gasteiger partial charge in [0.05, 0.1) is 18.7 Å². The molecule has 0 aliphatic heterocycles. The molecule has 1 aromatic heterocycles. The van der Waals surface area contributed by atoms with Crippen molar-refractivity contribution < 1.29 is 23.9 Å². The van der Waals surface area contributed by atoms with Gasteiger partial charge in [-0.05, 0) is 38.6 Å². The smallest absolute Gasteiger partial charge is 0.355 e. The molecule has 1 N–H and O–H groups in total. The number of carbonyl (C=O) groups excluding carboxylic acids is 3. The number of benzene rings is 1. The SMILES string of the molecule is CCOC(=O)c1[nH]c(COC(=S)CC(=O)c2ccccc2)c(C(C)=O)c1C. The molecule has 1 heterocycles. The summed E-state index contributed by atoms with van der Waals surface area (Å²) in [6.45, 7) is 4.96. The fourth-order valence-electron chi connectivity index (χ4n) is 2.71. The lowest BCUT2D eigenvalue weighted by atomic mass is 10.1. The minimum atomic E-state index is -0.536. The van der Waals surface area contributed by atoms with Gasteiger partial charge in [-0.3, -0.25) is 9.59 Å². The predicted octanol–water partition coefficient (Wildman–Crippen LogP) is 3.82. The van der Waals surface area contributed by atoms with E-state index < -0.39 is 5.97 Å². The Bertz CT molecular complexity index is 870. The van der Waals surface area contributed by atoms with Crippen molar-refractivity contribution in [2.45, 2.75) is 33.8 Å². The number of thiocarbonyl (C=S) groups is 1. The minimum absolute atomic E-state index is 0.0425. The van der Waals surface area contributed by atoms with Gasteiger partial charge in [-0.25, -0.2) is 4.79 Å². The lowest BCUT2D eigenvalue weighted by molar-refractivity contribution is 0.0519. The number of hydrogen-bond donors (Lipinski definition) is 1. The van der Waals surface area contributed by atoms with Crippen LogP contribution >= 0.6 is 12.2 Å². The molecule has 2 rings (SSSR count). The Morgan fingerprint density at radius 3 is 2.37 bits per heavy atom. The second kappa shape index (κ2) is 9.23. The molecule has 0 fully saturated rings. The van der Waals surface area contributed by atoms with Crippen molar-refractivity contribution in [3.05, 3.63) is 58.4 Å². The van der Waals surface area contributed by atoms with Crippen LogP contribution in [0.2, 0.25) is 0 Å². The van der Waals surface area contributed by atoms with Crippen molar-refractivity contribution in [2.75, 3.05) is 6.61 Å². The summed E-state index contributed by atoms with van der Waals surface area (Å²) in [5.74, 6) is -0.892. The molecule has 2 aromatic rings. The van der Waals surface area contributed by atoms with Gasteiger partial charge in [-0.1, -0.05) is 30.3 Å². The van der Waals surface area contributed by atoms with Gasteiger partial charge < -0.3 is 14.5 Å². The molecule has 7 heteroatoms. The topological polar surface area (TPSA) is 85.5 Å². The standard InChI is InChI=1S/C20H21NO5S/c1-4-25-20(24)19-12(2)18(13(3)22)15(21-19)11-26-17(27)10-16(23)14-8-6-5-7-9-14/h5-9,21H,4,10-11H2,1-3H3. The molecule has 0 bridgehead atoms. The third-order valence-corrected chi connectivity index (χ3v) is 4.20. The van der Waals surface area contributed by atoms with Crippen LogP contribution in [0.1, 0.15) is 62.7 Å². The van der Waals surface area contributed by atoms with Crippen LogP contribution in [-0.2, 0) is 16.1 Å². The number of aromatic nitrogens is 1. The normalized spacial score (nSPS) is 10.3. The van der Waals surface area contributed by atoms with E-state index >= 15 is 0 Å². The van der Waals surface area contributed by atoms with Crippen LogP contribution in [0.15, 0.2) is 30.3 Å². The Balaban J connectivity index is 2.09. The van der Waals surface area contributed by atoms with Crippen LogP contribution in [-0.4, -0.2) is 34.2 Å². The molecule has 0 amide bonds. The second-order valence-corrected chi connectivity index (χ2v) is 6.34. The number of nitrogens with one attached hydrogen (secondary N) is 1. The Morgan fingerprint density at radius 1 is 1.11 bits per heavy atom. The molecule has 0 radical (unpaired) electrons. The Morgan fingerprint density at radius 2 is 1.78 bits per heavy atom. The molecule has 0 aliphatic rings. The average Bonchev–Trinajstić information content (AvgIpc) is 2.97. The fraction of sp³-hybridized carbons (Fsp3) is 0.300. The van der Waals surface area contributed by atoms with Crippen LogP contribution < -0.4 is 0 Å². The summed E-state index contributed by atoms with van der Waals surface area (Å²) in [4.78, 5) is 39.1. The molecule has 0 spiro atoms. The summed E-state index contributed by atoms with van der Waals surface area (Å²) < 4.78 is 10.5. The van der Waals surface area contributed by atoms with Crippen LogP contribution in [0.4, 0.5) is 0 Å². The highest BCUT2D eigenvalue weighted by atomic mass is 32.1. The number of rotatable bonds is 8. The zero-order valence-corrected chi connectivity index (χ0v) is 16.3. The maximum atomic E-state index is 12.2. The van der Waals surface area contributed by atoms with Gasteiger partial charge >= 0.3 is 5.97 Å². The summed E-state index contributed by atoms with van der Waals surface area (Å²) in [5, 5.41) is 0.114. The largest absolute Gasteiger partial charge is 0.480 e. The summed E-state index contributed by atoms with van der Waals surface area (Å²) >= 11 is 5.14. The van der Waals surface area contributed by atoms with E-state index in [9.17, 15) is 14.4 Å². The number of aromatic amines is 1. The molecule has 0 aliphatic carbocycles. The van der Waals surface area contributed by atoms with Crippen LogP contribution in [0.25, 0.3) is 0 Å². The van der Waals surface area contributed by atoms with Gasteiger partial charge in [0.1, 0.15) is 12.3 Å². The molecule has 0 atom stereocenters. The summed E-state index contributed by atoms with van der Waals surface area (Å²) in [5.41, 5.74) is 2.07. The van der Waals surface area contributed by atoms with Crippen molar-refractivity contribution in [3.63, 3.8) is 0 Å². The van der Waals surface area contributed by atoms with E-state index in [2.05, 4.69) is 4.98 Å². The van der Waals surface area contributed by atoms with Gasteiger partial charge in [-0.15, -0.1) is 0 Å². The van der Waals surface area contributed by atoms with E-state index in [0.717, 1.165) is 0 Å². The number of ketones is 2. The zero-order valence-electron chi connectivity index (χ0n) is 15.5. The molecular formula is C20H21NO5S. The highest BCUT2D eigenvalue weighted by Gasteiger charge is 2.23.